The minimum atomic E-state index is -1.39. The topological polar surface area (TPSA) is 110 Å². The van der Waals surface area contributed by atoms with Gasteiger partial charge in [0.15, 0.2) is 11.6 Å². The molecular weight excluding hydrogens is 526 g/mol. The number of carbonyl (C=O) groups is 3. The molecule has 1 fully saturated rings. The van der Waals surface area contributed by atoms with Crippen LogP contribution in [0.4, 0.5) is 17.1 Å². The Hall–Kier alpha value is -4.89. The van der Waals surface area contributed by atoms with Crippen molar-refractivity contribution in [2.75, 3.05) is 10.2 Å². The first-order chi connectivity index (χ1) is 19.4. The van der Waals surface area contributed by atoms with Crippen LogP contribution in [0.5, 0.6) is 0 Å². The maximum absolute atomic E-state index is 14.5. The van der Waals surface area contributed by atoms with Crippen molar-refractivity contribution >= 4 is 51.9 Å². The predicted octanol–water partition coefficient (Wildman–Crippen LogP) is 5.51. The zero-order valence-corrected chi connectivity index (χ0v) is 21.7. The van der Waals surface area contributed by atoms with E-state index in [9.17, 15) is 24.5 Å². The van der Waals surface area contributed by atoms with E-state index in [4.69, 9.17) is 0 Å². The van der Waals surface area contributed by atoms with Crippen molar-refractivity contribution in [1.82, 2.24) is 0 Å². The number of amides is 1. The number of fused-ring (bicyclic) bond motifs is 6. The van der Waals surface area contributed by atoms with Gasteiger partial charge in [-0.1, -0.05) is 54.6 Å². The normalized spacial score (nSPS) is 23.9. The van der Waals surface area contributed by atoms with Crippen LogP contribution in [0.2, 0.25) is 0 Å². The summed E-state index contributed by atoms with van der Waals surface area (Å²) in [6.45, 7) is 0. The lowest BCUT2D eigenvalue weighted by Crippen LogP contribution is -2.51. The molecule has 3 aliphatic rings. The molecule has 3 aliphatic heterocycles. The third-order valence-electron chi connectivity index (χ3n) is 8.22. The van der Waals surface area contributed by atoms with Gasteiger partial charge in [-0.05, 0) is 46.8 Å². The molecule has 0 unspecified atom stereocenters. The largest absolute Gasteiger partial charge is 0.352 e. The molecule has 1 saturated heterocycles. The van der Waals surface area contributed by atoms with Gasteiger partial charge in [-0.15, -0.1) is 11.3 Å². The molecule has 8 nitrogen and oxygen atoms in total. The predicted molar refractivity (Wildman–Crippen MR) is 152 cm³/mol. The third kappa shape index (κ3) is 3.21. The highest BCUT2D eigenvalue weighted by molar-refractivity contribution is 7.12. The van der Waals surface area contributed by atoms with Crippen LogP contribution in [0.25, 0.3) is 6.08 Å². The van der Waals surface area contributed by atoms with Gasteiger partial charge in [0, 0.05) is 29.1 Å². The second-order valence-corrected chi connectivity index (χ2v) is 11.0. The first-order valence-corrected chi connectivity index (χ1v) is 13.6. The molecule has 4 aromatic rings. The Morgan fingerprint density at radius 3 is 2.42 bits per heavy atom. The molecule has 1 aromatic heterocycles. The molecule has 1 amide bonds. The molecule has 40 heavy (non-hydrogen) atoms. The van der Waals surface area contributed by atoms with E-state index in [1.807, 2.05) is 65.6 Å². The molecule has 4 atom stereocenters. The second kappa shape index (κ2) is 8.82. The molecule has 1 spiro atoms. The summed E-state index contributed by atoms with van der Waals surface area (Å²) in [6, 6.07) is 22.1. The lowest BCUT2D eigenvalue weighted by Gasteiger charge is -2.37. The summed E-state index contributed by atoms with van der Waals surface area (Å²) in [6.07, 6.45) is 3.86. The lowest BCUT2D eigenvalue weighted by molar-refractivity contribution is -0.384. The number of thiophene rings is 1. The molecule has 7 rings (SSSR count). The summed E-state index contributed by atoms with van der Waals surface area (Å²) in [5.74, 6) is -2.07. The number of non-ortho nitro benzene ring substituents is 1. The standard InChI is InChI=1S/C31H21N3O5S/c35-28(19-11-14-20(15-12-19)34(38)39)27-26(29(36)24-10-5-17-40-24)31(21-7-2-3-8-22(21)32-30(31)37)25-16-13-18-6-1-4-9-23(18)33(25)27/h1-17,25-27H,(H,32,37)/t25-,26+,27+,31-/m1/s1. The molecule has 0 bridgehead atoms. The zero-order chi connectivity index (χ0) is 27.6. The number of anilines is 2. The van der Waals surface area contributed by atoms with Gasteiger partial charge >= 0.3 is 0 Å². The third-order valence-corrected chi connectivity index (χ3v) is 9.10. The molecule has 0 saturated carbocycles. The molecule has 4 heterocycles. The number of nitro benzene ring substituents is 1. The van der Waals surface area contributed by atoms with Gasteiger partial charge in [0.1, 0.15) is 11.5 Å². The monoisotopic (exact) mass is 547 g/mol. The van der Waals surface area contributed by atoms with Gasteiger partial charge in [0.2, 0.25) is 5.91 Å². The minimum absolute atomic E-state index is 0.140. The quantitative estimate of drug-likeness (QED) is 0.200. The number of para-hydroxylation sites is 2. The van der Waals surface area contributed by atoms with Gasteiger partial charge < -0.3 is 10.2 Å². The molecule has 196 valence electrons. The Bertz CT molecular complexity index is 1750. The van der Waals surface area contributed by atoms with Crippen LogP contribution in [-0.4, -0.2) is 34.5 Å². The van der Waals surface area contributed by atoms with Crippen molar-refractivity contribution in [3.8, 4) is 0 Å². The fourth-order valence-electron chi connectivity index (χ4n) is 6.61. The number of carbonyl (C=O) groups excluding carboxylic acids is 3. The van der Waals surface area contributed by atoms with Crippen LogP contribution in [0, 0.1) is 16.0 Å². The minimum Gasteiger partial charge on any atom is -0.352 e. The van der Waals surface area contributed by atoms with Gasteiger partial charge in [0.05, 0.1) is 21.8 Å². The number of nitro groups is 1. The average Bonchev–Trinajstić information content (AvgIpc) is 3.69. The van der Waals surface area contributed by atoms with E-state index in [0.29, 0.717) is 16.1 Å². The van der Waals surface area contributed by atoms with Crippen molar-refractivity contribution in [3.05, 3.63) is 128 Å². The average molecular weight is 548 g/mol. The summed E-state index contributed by atoms with van der Waals surface area (Å²) >= 11 is 1.27. The van der Waals surface area contributed by atoms with Gasteiger partial charge in [-0.25, -0.2) is 0 Å². The Morgan fingerprint density at radius 1 is 0.925 bits per heavy atom. The number of hydrogen-bond donors (Lipinski definition) is 1. The molecule has 1 N–H and O–H groups in total. The Morgan fingerprint density at radius 2 is 1.68 bits per heavy atom. The van der Waals surface area contributed by atoms with Crippen LogP contribution >= 0.6 is 11.3 Å². The number of nitrogens with one attached hydrogen (secondary N) is 1. The van der Waals surface area contributed by atoms with E-state index in [0.717, 1.165) is 11.3 Å². The number of nitrogens with zero attached hydrogens (tertiary/aromatic N) is 2. The van der Waals surface area contributed by atoms with Crippen LogP contribution in [0.1, 0.15) is 31.2 Å². The van der Waals surface area contributed by atoms with Crippen LogP contribution in [0.15, 0.2) is 96.4 Å². The van der Waals surface area contributed by atoms with Gasteiger partial charge in [-0.3, -0.25) is 24.5 Å². The smallest absolute Gasteiger partial charge is 0.269 e. The number of hydrogen-bond acceptors (Lipinski definition) is 7. The fourth-order valence-corrected chi connectivity index (χ4v) is 7.31. The van der Waals surface area contributed by atoms with Crippen molar-refractivity contribution in [2.24, 2.45) is 5.92 Å². The first kappa shape index (κ1) is 24.2. The van der Waals surface area contributed by atoms with Crippen LogP contribution in [0.3, 0.4) is 0 Å². The zero-order valence-electron chi connectivity index (χ0n) is 20.9. The van der Waals surface area contributed by atoms with E-state index >= 15 is 0 Å². The molecule has 9 heteroatoms. The Labute approximate surface area is 232 Å². The highest BCUT2D eigenvalue weighted by Gasteiger charge is 2.70. The molecule has 3 aromatic carbocycles. The Kier molecular flexibility index (Phi) is 5.33. The summed E-state index contributed by atoms with van der Waals surface area (Å²) in [5, 5.41) is 16.1. The number of benzene rings is 3. The van der Waals surface area contributed by atoms with Crippen molar-refractivity contribution in [3.63, 3.8) is 0 Å². The van der Waals surface area contributed by atoms with E-state index < -0.39 is 28.3 Å². The SMILES string of the molecule is O=C(c1ccc([N+](=O)[O-])cc1)[C@@H]1[C@@H](C(=O)c2cccs2)[C@]2(C(=O)Nc3ccccc32)[C@H]2C=Cc3ccccc3N12. The fraction of sp³-hybridized carbons (Fsp3) is 0.129. The lowest BCUT2D eigenvalue weighted by atomic mass is 9.64. The molecule has 0 aliphatic carbocycles. The number of Topliss-reactive ketones (excluding diaryl/α,β-unsaturated/α-hetero) is 2. The molecular formula is C31H21N3O5S. The summed E-state index contributed by atoms with van der Waals surface area (Å²) in [7, 11) is 0. The number of rotatable bonds is 5. The second-order valence-electron chi connectivity index (χ2n) is 10.1. The first-order valence-electron chi connectivity index (χ1n) is 12.8. The summed E-state index contributed by atoms with van der Waals surface area (Å²) in [4.78, 5) is 56.4. The summed E-state index contributed by atoms with van der Waals surface area (Å²) < 4.78 is 0. The van der Waals surface area contributed by atoms with E-state index in [-0.39, 0.29) is 28.7 Å². The van der Waals surface area contributed by atoms with E-state index in [2.05, 4.69) is 5.32 Å². The summed E-state index contributed by atoms with van der Waals surface area (Å²) in [5.41, 5.74) is 1.61. The van der Waals surface area contributed by atoms with Crippen molar-refractivity contribution in [1.29, 1.82) is 0 Å². The van der Waals surface area contributed by atoms with E-state index in [1.54, 1.807) is 17.5 Å². The maximum Gasteiger partial charge on any atom is 0.269 e. The van der Waals surface area contributed by atoms with Gasteiger partial charge in [0.25, 0.3) is 5.69 Å². The van der Waals surface area contributed by atoms with E-state index in [1.165, 1.54) is 35.6 Å². The highest BCUT2D eigenvalue weighted by atomic mass is 32.1. The number of ketones is 2. The van der Waals surface area contributed by atoms with Gasteiger partial charge in [-0.2, -0.15) is 0 Å². The highest BCUT2D eigenvalue weighted by Crippen LogP contribution is 2.58. The van der Waals surface area contributed by atoms with Crippen molar-refractivity contribution < 1.29 is 19.3 Å². The molecule has 0 radical (unpaired) electrons. The Balaban J connectivity index is 1.51. The maximum atomic E-state index is 14.5. The van der Waals surface area contributed by atoms with Crippen LogP contribution in [-0.2, 0) is 10.2 Å². The van der Waals surface area contributed by atoms with Crippen molar-refractivity contribution in [2.45, 2.75) is 17.5 Å². The van der Waals surface area contributed by atoms with Crippen LogP contribution < -0.4 is 10.2 Å².